The predicted molar refractivity (Wildman–Crippen MR) is 148 cm³/mol. The molecule has 0 aromatic heterocycles. The van der Waals surface area contributed by atoms with Gasteiger partial charge in [0.25, 0.3) is 0 Å². The summed E-state index contributed by atoms with van der Waals surface area (Å²) in [5, 5.41) is 10.8. The third-order valence-corrected chi connectivity index (χ3v) is 10.9. The molecule has 0 spiro atoms. The predicted octanol–water partition coefficient (Wildman–Crippen LogP) is 6.44. The van der Waals surface area contributed by atoms with Gasteiger partial charge in [-0.05, 0) is 47.2 Å². The van der Waals surface area contributed by atoms with Crippen molar-refractivity contribution in [2.24, 2.45) is 0 Å². The Morgan fingerprint density at radius 3 is 1.12 bits per heavy atom. The van der Waals surface area contributed by atoms with Gasteiger partial charge < -0.3 is 5.48 Å². The molecule has 1 nitrogen and oxygen atoms in total. The Balaban J connectivity index is 0.00000241. The molecule has 6 rings (SSSR count). The van der Waals surface area contributed by atoms with Crippen LogP contribution in [0.3, 0.4) is 0 Å². The third kappa shape index (κ3) is 3.42. The Bertz CT molecular complexity index is 1430. The highest BCUT2D eigenvalue weighted by molar-refractivity contribution is 8.02. The van der Waals surface area contributed by atoms with Gasteiger partial charge in [0.2, 0.25) is 0 Å². The van der Waals surface area contributed by atoms with Gasteiger partial charge >= 0.3 is 0 Å². The maximum atomic E-state index is 2.36. The van der Waals surface area contributed by atoms with E-state index in [9.17, 15) is 0 Å². The van der Waals surface area contributed by atoms with E-state index in [-0.39, 0.29) is 5.48 Å². The Morgan fingerprint density at radius 2 is 0.676 bits per heavy atom. The van der Waals surface area contributed by atoms with Gasteiger partial charge in [0, 0.05) is 10.8 Å². The standard InChI is InChI=1S/C32H24P.H2O/c1-3-17-27(18-4-1)33(28-19-5-2-6-20-28,31-23-11-15-25-13-7-9-21-29(25)31)32-24-12-16-26-14-8-10-22-30(26)32;/h1-24H;1H2/q+1;/p-1. The van der Waals surface area contributed by atoms with Crippen LogP contribution in [-0.2, 0) is 0 Å². The number of benzene rings is 6. The Labute approximate surface area is 201 Å². The number of fused-ring (bicyclic) bond motifs is 2. The van der Waals surface area contributed by atoms with Crippen LogP contribution in [0.1, 0.15) is 0 Å². The van der Waals surface area contributed by atoms with Crippen molar-refractivity contribution in [3.8, 4) is 0 Å². The van der Waals surface area contributed by atoms with Crippen molar-refractivity contribution < 1.29 is 5.48 Å². The zero-order chi connectivity index (χ0) is 22.1. The average molecular weight is 457 g/mol. The molecule has 0 aliphatic rings. The van der Waals surface area contributed by atoms with Crippen LogP contribution in [0.15, 0.2) is 146 Å². The molecule has 6 aromatic carbocycles. The number of hydrogen-bond acceptors (Lipinski definition) is 1. The molecule has 0 bridgehead atoms. The van der Waals surface area contributed by atoms with Crippen molar-refractivity contribution in [3.05, 3.63) is 146 Å². The van der Waals surface area contributed by atoms with E-state index in [2.05, 4.69) is 146 Å². The van der Waals surface area contributed by atoms with Crippen molar-refractivity contribution >= 4 is 50.0 Å². The summed E-state index contributed by atoms with van der Waals surface area (Å²) in [6.45, 7) is 0. The van der Waals surface area contributed by atoms with Crippen molar-refractivity contribution in [3.63, 3.8) is 0 Å². The van der Waals surface area contributed by atoms with Crippen molar-refractivity contribution in [1.82, 2.24) is 0 Å². The largest absolute Gasteiger partial charge is 0.870 e. The SMILES string of the molecule is [OH-].c1ccc([P+](c2ccccc2)(c2cccc3ccccc23)c2cccc3ccccc23)cc1. The van der Waals surface area contributed by atoms with Gasteiger partial charge in [-0.3, -0.25) is 0 Å². The topological polar surface area (TPSA) is 30.0 Å². The molecule has 0 saturated carbocycles. The summed E-state index contributed by atoms with van der Waals surface area (Å²) in [6.07, 6.45) is 0. The molecule has 0 radical (unpaired) electrons. The highest BCUT2D eigenvalue weighted by Crippen LogP contribution is 2.56. The van der Waals surface area contributed by atoms with E-state index in [1.54, 1.807) is 0 Å². The van der Waals surface area contributed by atoms with E-state index < -0.39 is 7.26 Å². The molecule has 34 heavy (non-hydrogen) atoms. The van der Waals surface area contributed by atoms with Gasteiger partial charge in [0.1, 0.15) is 28.5 Å². The first-order chi connectivity index (χ1) is 16.4. The van der Waals surface area contributed by atoms with Gasteiger partial charge in [0.05, 0.1) is 0 Å². The summed E-state index contributed by atoms with van der Waals surface area (Å²) in [5.41, 5.74) is 0. The summed E-state index contributed by atoms with van der Waals surface area (Å²) in [7, 11) is -2.20. The maximum absolute atomic E-state index is 2.36. The van der Waals surface area contributed by atoms with Gasteiger partial charge in [0.15, 0.2) is 0 Å². The minimum absolute atomic E-state index is 0. The molecule has 6 aromatic rings. The van der Waals surface area contributed by atoms with Gasteiger partial charge in [-0.25, -0.2) is 0 Å². The fourth-order valence-electron chi connectivity index (χ4n) is 5.14. The summed E-state index contributed by atoms with van der Waals surface area (Å²) < 4.78 is 0. The van der Waals surface area contributed by atoms with Crippen LogP contribution < -0.4 is 21.2 Å². The fourth-order valence-corrected chi connectivity index (χ4v) is 9.80. The van der Waals surface area contributed by atoms with Crippen molar-refractivity contribution in [2.45, 2.75) is 0 Å². The van der Waals surface area contributed by atoms with E-state index in [0.717, 1.165) is 0 Å². The molecule has 0 aliphatic heterocycles. The molecule has 2 heteroatoms. The van der Waals surface area contributed by atoms with E-state index >= 15 is 0 Å². The monoisotopic (exact) mass is 456 g/mol. The lowest BCUT2D eigenvalue weighted by Gasteiger charge is -2.29. The summed E-state index contributed by atoms with van der Waals surface area (Å²) >= 11 is 0. The second-order valence-electron chi connectivity index (χ2n) is 8.34. The molecular weight excluding hydrogens is 431 g/mol. The van der Waals surface area contributed by atoms with E-state index in [1.165, 1.54) is 42.8 Å². The maximum Gasteiger partial charge on any atom is 0.145 e. The van der Waals surface area contributed by atoms with E-state index in [0.29, 0.717) is 0 Å². The smallest absolute Gasteiger partial charge is 0.145 e. The van der Waals surface area contributed by atoms with Crippen LogP contribution in [0.5, 0.6) is 0 Å². The fraction of sp³-hybridized carbons (Fsp3) is 0. The van der Waals surface area contributed by atoms with Crippen LogP contribution >= 0.6 is 7.26 Å². The lowest BCUT2D eigenvalue weighted by atomic mass is 10.1. The number of rotatable bonds is 4. The van der Waals surface area contributed by atoms with Gasteiger partial charge in [-0.2, -0.15) is 0 Å². The first-order valence-electron chi connectivity index (χ1n) is 11.4. The lowest BCUT2D eigenvalue weighted by molar-refractivity contribution is 0.824. The second kappa shape index (κ2) is 9.23. The van der Waals surface area contributed by atoms with Gasteiger partial charge in [-0.1, -0.05) is 109 Å². The third-order valence-electron chi connectivity index (χ3n) is 6.54. The van der Waals surface area contributed by atoms with Crippen molar-refractivity contribution in [2.75, 3.05) is 0 Å². The zero-order valence-corrected chi connectivity index (χ0v) is 19.6. The minimum atomic E-state index is -2.20. The normalized spacial score (nSPS) is 11.3. The van der Waals surface area contributed by atoms with Crippen LogP contribution in [0.2, 0.25) is 0 Å². The molecular formula is C32H25OP. The Hall–Kier alpha value is -3.77. The molecule has 0 heterocycles. The van der Waals surface area contributed by atoms with Gasteiger partial charge in [-0.15, -0.1) is 0 Å². The molecule has 164 valence electrons. The highest BCUT2D eigenvalue weighted by atomic mass is 31.2. The van der Waals surface area contributed by atoms with E-state index in [1.807, 2.05) is 0 Å². The number of hydrogen-bond donors (Lipinski definition) is 0. The van der Waals surface area contributed by atoms with Crippen LogP contribution in [-0.4, -0.2) is 5.48 Å². The molecule has 1 N–H and O–H groups in total. The van der Waals surface area contributed by atoms with Crippen LogP contribution in [0.4, 0.5) is 0 Å². The van der Waals surface area contributed by atoms with Crippen LogP contribution in [0, 0.1) is 0 Å². The van der Waals surface area contributed by atoms with E-state index in [4.69, 9.17) is 0 Å². The minimum Gasteiger partial charge on any atom is -0.870 e. The lowest BCUT2D eigenvalue weighted by Crippen LogP contribution is -2.39. The summed E-state index contributed by atoms with van der Waals surface area (Å²) in [5.74, 6) is 0. The summed E-state index contributed by atoms with van der Waals surface area (Å²) in [6, 6.07) is 53.5. The molecule has 0 fully saturated rings. The second-order valence-corrected chi connectivity index (χ2v) is 11.7. The first kappa shape index (κ1) is 22.0. The van der Waals surface area contributed by atoms with Crippen LogP contribution in [0.25, 0.3) is 21.5 Å². The zero-order valence-electron chi connectivity index (χ0n) is 18.8. The Morgan fingerprint density at radius 1 is 0.324 bits per heavy atom. The molecule has 0 amide bonds. The quantitative estimate of drug-likeness (QED) is 0.281. The highest BCUT2D eigenvalue weighted by Gasteiger charge is 2.49. The average Bonchev–Trinajstić information content (AvgIpc) is 2.91. The molecule has 0 unspecified atom stereocenters. The Kier molecular flexibility index (Phi) is 5.99. The molecule has 0 aliphatic carbocycles. The van der Waals surface area contributed by atoms with Crippen molar-refractivity contribution in [1.29, 1.82) is 0 Å². The summed E-state index contributed by atoms with van der Waals surface area (Å²) in [4.78, 5) is 0. The molecule has 0 atom stereocenters. The first-order valence-corrected chi connectivity index (χ1v) is 13.1. The molecule has 0 saturated heterocycles.